The van der Waals surface area contributed by atoms with Crippen LogP contribution in [-0.2, 0) is 4.79 Å². The normalized spacial score (nSPS) is 18.2. The maximum absolute atomic E-state index is 12.6. The highest BCUT2D eigenvalue weighted by atomic mass is 16.5. The Morgan fingerprint density at radius 1 is 1.08 bits per heavy atom. The molecule has 1 N–H and O–H groups in total. The van der Waals surface area contributed by atoms with Gasteiger partial charge in [-0.2, -0.15) is 0 Å². The number of carbonyl (C=O) groups is 2. The van der Waals surface area contributed by atoms with Gasteiger partial charge in [0.15, 0.2) is 0 Å². The van der Waals surface area contributed by atoms with Crippen LogP contribution in [0.5, 0.6) is 0 Å². The molecule has 1 aromatic heterocycles. The SMILES string of the molecule is O=C(NC1CCN(C(=O)c2cc(-c3ccccc3)no2)CC1)C1CC1. The fourth-order valence-electron chi connectivity index (χ4n) is 3.17. The van der Waals surface area contributed by atoms with Crippen molar-refractivity contribution in [1.82, 2.24) is 15.4 Å². The number of rotatable bonds is 4. The lowest BCUT2D eigenvalue weighted by Crippen LogP contribution is -2.46. The lowest BCUT2D eigenvalue weighted by Gasteiger charge is -2.31. The molecule has 1 aliphatic heterocycles. The summed E-state index contributed by atoms with van der Waals surface area (Å²) in [6.45, 7) is 1.24. The molecule has 0 unspecified atom stereocenters. The van der Waals surface area contributed by atoms with Gasteiger partial charge >= 0.3 is 0 Å². The molecule has 0 atom stereocenters. The van der Waals surface area contributed by atoms with Crippen molar-refractivity contribution >= 4 is 11.8 Å². The maximum atomic E-state index is 12.6. The number of carbonyl (C=O) groups excluding carboxylic acids is 2. The van der Waals surface area contributed by atoms with E-state index in [0.717, 1.165) is 31.2 Å². The van der Waals surface area contributed by atoms with E-state index in [9.17, 15) is 9.59 Å². The predicted octanol–water partition coefficient (Wildman–Crippen LogP) is 2.47. The minimum absolute atomic E-state index is 0.137. The van der Waals surface area contributed by atoms with Crippen molar-refractivity contribution in [1.29, 1.82) is 0 Å². The van der Waals surface area contributed by atoms with Gasteiger partial charge < -0.3 is 14.7 Å². The van der Waals surface area contributed by atoms with E-state index < -0.39 is 0 Å². The molecule has 25 heavy (non-hydrogen) atoms. The number of benzene rings is 1. The maximum Gasteiger partial charge on any atom is 0.292 e. The van der Waals surface area contributed by atoms with Crippen LogP contribution >= 0.6 is 0 Å². The first-order chi connectivity index (χ1) is 12.2. The van der Waals surface area contributed by atoms with Crippen molar-refractivity contribution in [3.05, 3.63) is 42.2 Å². The van der Waals surface area contributed by atoms with Crippen molar-refractivity contribution in [3.8, 4) is 11.3 Å². The van der Waals surface area contributed by atoms with E-state index >= 15 is 0 Å². The van der Waals surface area contributed by atoms with E-state index in [0.29, 0.717) is 18.8 Å². The number of nitrogens with one attached hydrogen (secondary N) is 1. The monoisotopic (exact) mass is 339 g/mol. The number of hydrogen-bond donors (Lipinski definition) is 1. The highest BCUT2D eigenvalue weighted by Crippen LogP contribution is 2.29. The summed E-state index contributed by atoms with van der Waals surface area (Å²) in [5.41, 5.74) is 1.59. The summed E-state index contributed by atoms with van der Waals surface area (Å²) in [7, 11) is 0. The summed E-state index contributed by atoms with van der Waals surface area (Å²) in [4.78, 5) is 26.2. The van der Waals surface area contributed by atoms with Gasteiger partial charge in [-0.05, 0) is 25.7 Å². The van der Waals surface area contributed by atoms with Gasteiger partial charge in [0.25, 0.3) is 5.91 Å². The molecule has 130 valence electrons. The standard InChI is InChI=1S/C19H21N3O3/c23-18(14-6-7-14)20-15-8-10-22(11-9-15)19(24)17-12-16(21-25-17)13-4-2-1-3-5-13/h1-5,12,14-15H,6-11H2,(H,20,23). The van der Waals surface area contributed by atoms with Gasteiger partial charge in [0, 0.05) is 36.7 Å². The van der Waals surface area contributed by atoms with E-state index in [1.165, 1.54) is 0 Å². The quantitative estimate of drug-likeness (QED) is 0.928. The number of nitrogens with zero attached hydrogens (tertiary/aromatic N) is 2. The van der Waals surface area contributed by atoms with Crippen molar-refractivity contribution in [2.45, 2.75) is 31.7 Å². The van der Waals surface area contributed by atoms with Crippen molar-refractivity contribution in [2.24, 2.45) is 5.92 Å². The molecular formula is C19H21N3O3. The van der Waals surface area contributed by atoms with Gasteiger partial charge in [-0.1, -0.05) is 35.5 Å². The van der Waals surface area contributed by atoms with Gasteiger partial charge in [-0.3, -0.25) is 9.59 Å². The van der Waals surface area contributed by atoms with Crippen LogP contribution in [0.4, 0.5) is 0 Å². The van der Waals surface area contributed by atoms with E-state index in [1.807, 2.05) is 30.3 Å². The zero-order valence-corrected chi connectivity index (χ0v) is 14.0. The molecule has 2 amide bonds. The highest BCUT2D eigenvalue weighted by molar-refractivity contribution is 5.92. The van der Waals surface area contributed by atoms with Gasteiger partial charge in [0.1, 0.15) is 5.69 Å². The second kappa shape index (κ2) is 6.70. The van der Waals surface area contributed by atoms with Crippen molar-refractivity contribution < 1.29 is 14.1 Å². The third kappa shape index (κ3) is 3.57. The minimum atomic E-state index is -0.137. The third-order valence-corrected chi connectivity index (χ3v) is 4.87. The first-order valence-electron chi connectivity index (χ1n) is 8.82. The molecule has 2 aromatic rings. The Hall–Kier alpha value is -2.63. The molecule has 0 radical (unpaired) electrons. The summed E-state index contributed by atoms with van der Waals surface area (Å²) in [5.74, 6) is 0.527. The van der Waals surface area contributed by atoms with E-state index in [4.69, 9.17) is 4.52 Å². The number of likely N-dealkylation sites (tertiary alicyclic amines) is 1. The average molecular weight is 339 g/mol. The van der Waals surface area contributed by atoms with Gasteiger partial charge in [0.2, 0.25) is 11.7 Å². The molecular weight excluding hydrogens is 318 g/mol. The average Bonchev–Trinajstić information content (AvgIpc) is 3.39. The Morgan fingerprint density at radius 3 is 2.48 bits per heavy atom. The van der Waals surface area contributed by atoms with Gasteiger partial charge in [-0.25, -0.2) is 0 Å². The summed E-state index contributed by atoms with van der Waals surface area (Å²) < 4.78 is 5.25. The lowest BCUT2D eigenvalue weighted by molar-refractivity contribution is -0.123. The van der Waals surface area contributed by atoms with Crippen LogP contribution in [0.15, 0.2) is 40.9 Å². The molecule has 0 spiro atoms. The number of piperidine rings is 1. The molecule has 4 rings (SSSR count). The van der Waals surface area contributed by atoms with Gasteiger partial charge in [0.05, 0.1) is 0 Å². The Morgan fingerprint density at radius 2 is 1.80 bits per heavy atom. The predicted molar refractivity (Wildman–Crippen MR) is 91.7 cm³/mol. The molecule has 2 heterocycles. The Balaban J connectivity index is 1.34. The molecule has 1 aliphatic carbocycles. The largest absolute Gasteiger partial charge is 0.353 e. The van der Waals surface area contributed by atoms with E-state index in [2.05, 4.69) is 10.5 Å². The van der Waals surface area contributed by atoms with E-state index in [1.54, 1.807) is 11.0 Å². The van der Waals surface area contributed by atoms with Crippen molar-refractivity contribution in [2.75, 3.05) is 13.1 Å². The highest BCUT2D eigenvalue weighted by Gasteiger charge is 2.32. The molecule has 0 bridgehead atoms. The first-order valence-corrected chi connectivity index (χ1v) is 8.82. The zero-order chi connectivity index (χ0) is 17.2. The number of aromatic nitrogens is 1. The molecule has 2 fully saturated rings. The Kier molecular flexibility index (Phi) is 4.26. The molecule has 6 nitrogen and oxygen atoms in total. The minimum Gasteiger partial charge on any atom is -0.353 e. The van der Waals surface area contributed by atoms with Crippen LogP contribution in [0, 0.1) is 5.92 Å². The van der Waals surface area contributed by atoms with Crippen LogP contribution < -0.4 is 5.32 Å². The number of amides is 2. The summed E-state index contributed by atoms with van der Waals surface area (Å²) in [6.07, 6.45) is 3.59. The van der Waals surface area contributed by atoms with Crippen LogP contribution in [0.25, 0.3) is 11.3 Å². The fourth-order valence-corrected chi connectivity index (χ4v) is 3.17. The number of hydrogen-bond acceptors (Lipinski definition) is 4. The topological polar surface area (TPSA) is 75.4 Å². The third-order valence-electron chi connectivity index (χ3n) is 4.87. The lowest BCUT2D eigenvalue weighted by atomic mass is 10.0. The second-order valence-electron chi connectivity index (χ2n) is 6.79. The smallest absolute Gasteiger partial charge is 0.292 e. The Bertz CT molecular complexity index is 759. The zero-order valence-electron chi connectivity index (χ0n) is 14.0. The fraction of sp³-hybridized carbons (Fsp3) is 0.421. The van der Waals surface area contributed by atoms with E-state index in [-0.39, 0.29) is 29.5 Å². The molecule has 1 aromatic carbocycles. The second-order valence-corrected chi connectivity index (χ2v) is 6.79. The van der Waals surface area contributed by atoms with Gasteiger partial charge in [-0.15, -0.1) is 0 Å². The summed E-state index contributed by atoms with van der Waals surface area (Å²) in [5, 5.41) is 7.10. The molecule has 1 saturated carbocycles. The Labute approximate surface area is 146 Å². The summed E-state index contributed by atoms with van der Waals surface area (Å²) in [6, 6.07) is 11.5. The van der Waals surface area contributed by atoms with Crippen LogP contribution in [0.1, 0.15) is 36.2 Å². The summed E-state index contributed by atoms with van der Waals surface area (Å²) >= 11 is 0. The van der Waals surface area contributed by atoms with Crippen molar-refractivity contribution in [3.63, 3.8) is 0 Å². The molecule has 2 aliphatic rings. The first kappa shape index (κ1) is 15.9. The molecule has 6 heteroatoms. The van der Waals surface area contributed by atoms with Crippen LogP contribution in [0.2, 0.25) is 0 Å². The molecule has 1 saturated heterocycles. The van der Waals surface area contributed by atoms with Crippen LogP contribution in [-0.4, -0.2) is 41.0 Å². The van der Waals surface area contributed by atoms with Crippen LogP contribution in [0.3, 0.4) is 0 Å².